The van der Waals surface area contributed by atoms with Crippen LogP contribution < -0.4 is 0 Å². The number of carbonyl (C=O) groups is 1. The Morgan fingerprint density at radius 1 is 1.43 bits per heavy atom. The third kappa shape index (κ3) is 2.90. The summed E-state index contributed by atoms with van der Waals surface area (Å²) < 4.78 is 1.94. The number of nitrogens with zero attached hydrogens (tertiary/aromatic N) is 5. The predicted octanol–water partition coefficient (Wildman–Crippen LogP) is 1.28. The highest BCUT2D eigenvalue weighted by Crippen LogP contribution is 2.27. The first-order valence-electron chi connectivity index (χ1n) is 8.10. The maximum absolute atomic E-state index is 12.8. The molecule has 4 heterocycles. The molecule has 0 radical (unpaired) electrons. The van der Waals surface area contributed by atoms with E-state index >= 15 is 0 Å². The molecule has 0 bridgehead atoms. The number of aryl methyl sites for hydroxylation is 1. The Bertz CT molecular complexity index is 709. The number of aromatic nitrogens is 3. The van der Waals surface area contributed by atoms with Gasteiger partial charge in [0.05, 0.1) is 12.5 Å². The normalized spacial score (nSPS) is 21.6. The summed E-state index contributed by atoms with van der Waals surface area (Å²) >= 11 is 1.81. The molecule has 2 aromatic rings. The van der Waals surface area contributed by atoms with Crippen LogP contribution in [0.1, 0.15) is 22.7 Å². The second kappa shape index (κ2) is 6.05. The van der Waals surface area contributed by atoms with Gasteiger partial charge in [0.15, 0.2) is 0 Å². The summed E-state index contributed by atoms with van der Waals surface area (Å²) in [5.74, 6) is 1.41. The molecule has 1 fully saturated rings. The predicted molar refractivity (Wildman–Crippen MR) is 87.8 cm³/mol. The summed E-state index contributed by atoms with van der Waals surface area (Å²) in [6, 6.07) is 2.16. The van der Waals surface area contributed by atoms with Crippen LogP contribution >= 0.6 is 11.3 Å². The van der Waals surface area contributed by atoms with Gasteiger partial charge in [-0.1, -0.05) is 0 Å². The van der Waals surface area contributed by atoms with E-state index in [2.05, 4.69) is 26.5 Å². The van der Waals surface area contributed by atoms with Crippen molar-refractivity contribution in [2.75, 3.05) is 19.6 Å². The lowest BCUT2D eigenvalue weighted by Crippen LogP contribution is -2.40. The average molecular weight is 331 g/mol. The Morgan fingerprint density at radius 3 is 3.17 bits per heavy atom. The van der Waals surface area contributed by atoms with Crippen molar-refractivity contribution in [3.63, 3.8) is 0 Å². The third-order valence-corrected chi connectivity index (χ3v) is 5.93. The van der Waals surface area contributed by atoms with Gasteiger partial charge in [-0.3, -0.25) is 9.69 Å². The van der Waals surface area contributed by atoms with Gasteiger partial charge in [0.25, 0.3) is 0 Å². The van der Waals surface area contributed by atoms with Crippen molar-refractivity contribution in [3.8, 4) is 0 Å². The van der Waals surface area contributed by atoms with E-state index in [1.54, 1.807) is 6.33 Å². The zero-order chi connectivity index (χ0) is 15.8. The highest BCUT2D eigenvalue weighted by atomic mass is 32.1. The molecular weight excluding hydrogens is 310 g/mol. The number of hydrogen-bond acceptors (Lipinski definition) is 5. The van der Waals surface area contributed by atoms with Crippen LogP contribution in [0.4, 0.5) is 0 Å². The zero-order valence-corrected chi connectivity index (χ0v) is 14.1. The van der Waals surface area contributed by atoms with Gasteiger partial charge >= 0.3 is 0 Å². The number of rotatable bonds is 3. The lowest BCUT2D eigenvalue weighted by Gasteiger charge is -2.29. The second-order valence-corrected chi connectivity index (χ2v) is 7.46. The van der Waals surface area contributed by atoms with Crippen molar-refractivity contribution in [1.82, 2.24) is 24.6 Å². The van der Waals surface area contributed by atoms with Crippen LogP contribution in [0.25, 0.3) is 0 Å². The fraction of sp³-hybridized carbons (Fsp3) is 0.562. The summed E-state index contributed by atoms with van der Waals surface area (Å²) in [7, 11) is 1.96. The Balaban J connectivity index is 1.36. The van der Waals surface area contributed by atoms with Crippen LogP contribution in [0.5, 0.6) is 0 Å². The number of hydrogen-bond donors (Lipinski definition) is 0. The van der Waals surface area contributed by atoms with E-state index in [1.807, 2.05) is 27.9 Å². The van der Waals surface area contributed by atoms with Crippen molar-refractivity contribution >= 4 is 17.2 Å². The van der Waals surface area contributed by atoms with Gasteiger partial charge in [0.1, 0.15) is 12.2 Å². The monoisotopic (exact) mass is 331 g/mol. The molecule has 1 atom stereocenters. The second-order valence-electron chi connectivity index (χ2n) is 6.46. The van der Waals surface area contributed by atoms with E-state index in [1.165, 1.54) is 10.4 Å². The average Bonchev–Trinajstić information content (AvgIpc) is 3.28. The molecule has 122 valence electrons. The van der Waals surface area contributed by atoms with E-state index in [4.69, 9.17) is 0 Å². The first kappa shape index (κ1) is 14.8. The van der Waals surface area contributed by atoms with Crippen LogP contribution in [0, 0.1) is 5.92 Å². The lowest BCUT2D eigenvalue weighted by molar-refractivity contribution is -0.136. The van der Waals surface area contributed by atoms with Gasteiger partial charge in [0, 0.05) is 31.6 Å². The molecule has 0 N–H and O–H groups in total. The fourth-order valence-electron chi connectivity index (χ4n) is 3.52. The minimum absolute atomic E-state index is 0.128. The van der Waals surface area contributed by atoms with Crippen molar-refractivity contribution in [1.29, 1.82) is 0 Å². The smallest absolute Gasteiger partial charge is 0.227 e. The fourth-order valence-corrected chi connectivity index (χ4v) is 4.41. The van der Waals surface area contributed by atoms with Crippen molar-refractivity contribution in [2.24, 2.45) is 13.0 Å². The van der Waals surface area contributed by atoms with E-state index in [0.29, 0.717) is 5.91 Å². The molecule has 2 aromatic heterocycles. The zero-order valence-electron chi connectivity index (χ0n) is 13.3. The van der Waals surface area contributed by atoms with Crippen LogP contribution in [-0.4, -0.2) is 50.1 Å². The molecule has 1 unspecified atom stereocenters. The topological polar surface area (TPSA) is 54.3 Å². The minimum atomic E-state index is 0.128. The van der Waals surface area contributed by atoms with E-state index in [9.17, 15) is 4.79 Å². The molecule has 4 rings (SSSR count). The molecule has 0 aliphatic carbocycles. The summed E-state index contributed by atoms with van der Waals surface area (Å²) in [5, 5.41) is 10.2. The van der Waals surface area contributed by atoms with Crippen molar-refractivity contribution < 1.29 is 4.79 Å². The standard InChI is InChI=1S/C16H21N5OS/c1-19-11-17-18-15(19)10-20-5-2-13(8-20)16(22)21-6-3-14-12(9-21)4-7-23-14/h4,7,11,13H,2-3,5-6,8-10H2,1H3. The number of carbonyl (C=O) groups excluding carboxylic acids is 1. The molecule has 23 heavy (non-hydrogen) atoms. The SMILES string of the molecule is Cn1cnnc1CN1CCC(C(=O)N2CCc3sccc3C2)C1. The van der Waals surface area contributed by atoms with E-state index in [0.717, 1.165) is 51.4 Å². The Labute approximate surface area is 139 Å². The summed E-state index contributed by atoms with van der Waals surface area (Å²) in [6.45, 7) is 4.22. The molecule has 2 aliphatic heterocycles. The van der Waals surface area contributed by atoms with Crippen LogP contribution in [-0.2, 0) is 31.4 Å². The van der Waals surface area contributed by atoms with E-state index in [-0.39, 0.29) is 5.92 Å². The molecule has 0 saturated carbocycles. The lowest BCUT2D eigenvalue weighted by atomic mass is 10.0. The first-order chi connectivity index (χ1) is 11.2. The Hall–Kier alpha value is -1.73. The first-order valence-corrected chi connectivity index (χ1v) is 8.98. The number of amides is 1. The van der Waals surface area contributed by atoms with Crippen molar-refractivity contribution in [2.45, 2.75) is 25.9 Å². The molecule has 6 nitrogen and oxygen atoms in total. The maximum atomic E-state index is 12.8. The van der Waals surface area contributed by atoms with Crippen LogP contribution in [0.15, 0.2) is 17.8 Å². The minimum Gasteiger partial charge on any atom is -0.338 e. The molecule has 7 heteroatoms. The van der Waals surface area contributed by atoms with E-state index < -0.39 is 0 Å². The van der Waals surface area contributed by atoms with Gasteiger partial charge in [-0.15, -0.1) is 21.5 Å². The van der Waals surface area contributed by atoms with Gasteiger partial charge in [-0.2, -0.15) is 0 Å². The number of thiophene rings is 1. The summed E-state index contributed by atoms with van der Waals surface area (Å²) in [6.07, 6.45) is 3.68. The molecule has 2 aliphatic rings. The largest absolute Gasteiger partial charge is 0.338 e. The van der Waals surface area contributed by atoms with Gasteiger partial charge in [0.2, 0.25) is 5.91 Å². The molecular formula is C16H21N5OS. The van der Waals surface area contributed by atoms with Crippen LogP contribution in [0.2, 0.25) is 0 Å². The van der Waals surface area contributed by atoms with Crippen LogP contribution in [0.3, 0.4) is 0 Å². The van der Waals surface area contributed by atoms with Gasteiger partial charge < -0.3 is 9.47 Å². The maximum Gasteiger partial charge on any atom is 0.227 e. The Morgan fingerprint density at radius 2 is 2.35 bits per heavy atom. The van der Waals surface area contributed by atoms with Crippen molar-refractivity contribution in [3.05, 3.63) is 34.0 Å². The van der Waals surface area contributed by atoms with Gasteiger partial charge in [-0.25, -0.2) is 0 Å². The number of likely N-dealkylation sites (tertiary alicyclic amines) is 1. The number of fused-ring (bicyclic) bond motifs is 1. The van der Waals surface area contributed by atoms with Gasteiger partial charge in [-0.05, 0) is 36.4 Å². The molecule has 1 saturated heterocycles. The molecule has 0 spiro atoms. The highest BCUT2D eigenvalue weighted by molar-refractivity contribution is 7.10. The molecule has 0 aromatic carbocycles. The summed E-state index contributed by atoms with van der Waals surface area (Å²) in [4.78, 5) is 18.6. The highest BCUT2D eigenvalue weighted by Gasteiger charge is 2.33. The third-order valence-electron chi connectivity index (χ3n) is 4.91. The molecule has 1 amide bonds. The quantitative estimate of drug-likeness (QED) is 0.850. The Kier molecular flexibility index (Phi) is 3.90. The summed E-state index contributed by atoms with van der Waals surface area (Å²) in [5.41, 5.74) is 1.34.